The third kappa shape index (κ3) is 5.93. The van der Waals surface area contributed by atoms with Gasteiger partial charge >= 0.3 is 12.1 Å². The van der Waals surface area contributed by atoms with Crippen molar-refractivity contribution in [1.29, 1.82) is 0 Å². The van der Waals surface area contributed by atoms with Crippen LogP contribution in [0.25, 0.3) is 0 Å². The van der Waals surface area contributed by atoms with E-state index in [4.69, 9.17) is 21.1 Å². The van der Waals surface area contributed by atoms with Gasteiger partial charge in [0.2, 0.25) is 0 Å². The number of esters is 1. The molecule has 126 valence electrons. The maximum atomic E-state index is 11.9. The summed E-state index contributed by atoms with van der Waals surface area (Å²) in [6.07, 6.45) is -0.671. The van der Waals surface area contributed by atoms with Crippen LogP contribution in [0.15, 0.2) is 54.6 Å². The lowest BCUT2D eigenvalue weighted by Gasteiger charge is -2.13. The summed E-state index contributed by atoms with van der Waals surface area (Å²) in [5.41, 5.74) is 1.68. The number of carbonyl (C=O) groups excluding carboxylic acids is 2. The van der Waals surface area contributed by atoms with Crippen molar-refractivity contribution in [2.75, 3.05) is 0 Å². The van der Waals surface area contributed by atoms with Crippen LogP contribution in [0.4, 0.5) is 4.79 Å². The minimum atomic E-state index is -0.805. The molecule has 1 N–H and O–H groups in total. The van der Waals surface area contributed by atoms with Gasteiger partial charge in [-0.05, 0) is 30.2 Å². The van der Waals surface area contributed by atoms with Crippen LogP contribution in [0.1, 0.15) is 18.1 Å². The molecule has 0 bridgehead atoms. The summed E-state index contributed by atoms with van der Waals surface area (Å²) >= 11 is 5.79. The van der Waals surface area contributed by atoms with Crippen molar-refractivity contribution in [1.82, 2.24) is 5.32 Å². The first-order valence-corrected chi connectivity index (χ1v) is 7.80. The highest BCUT2D eigenvalue weighted by Crippen LogP contribution is 2.10. The van der Waals surface area contributed by atoms with E-state index in [1.807, 2.05) is 30.3 Å². The van der Waals surface area contributed by atoms with Crippen molar-refractivity contribution in [2.45, 2.75) is 26.2 Å². The molecule has 2 aromatic rings. The minimum absolute atomic E-state index is 0.112. The zero-order valence-electron chi connectivity index (χ0n) is 13.2. The molecule has 0 aromatic heterocycles. The maximum absolute atomic E-state index is 11.9. The first-order valence-electron chi connectivity index (χ1n) is 7.43. The van der Waals surface area contributed by atoms with Crippen LogP contribution >= 0.6 is 11.6 Å². The topological polar surface area (TPSA) is 64.6 Å². The van der Waals surface area contributed by atoms with Crippen LogP contribution in [-0.4, -0.2) is 18.1 Å². The summed E-state index contributed by atoms with van der Waals surface area (Å²) in [5.74, 6) is -0.540. The Morgan fingerprint density at radius 1 is 0.958 bits per heavy atom. The van der Waals surface area contributed by atoms with Gasteiger partial charge in [0.1, 0.15) is 19.3 Å². The van der Waals surface area contributed by atoms with Crippen molar-refractivity contribution < 1.29 is 19.1 Å². The predicted octanol–water partition coefficient (Wildman–Crippen LogP) is 3.70. The molecule has 0 saturated carbocycles. The standard InChI is InChI=1S/C18H18ClNO4/c1-13(17(21)23-11-15-7-9-16(19)10-8-15)20-18(22)24-12-14-5-3-2-4-6-14/h2-10,13H,11-12H2,1H3,(H,20,22)/t13-/m0/s1. The highest BCUT2D eigenvalue weighted by Gasteiger charge is 2.17. The summed E-state index contributed by atoms with van der Waals surface area (Å²) < 4.78 is 10.2. The summed E-state index contributed by atoms with van der Waals surface area (Å²) in [5, 5.41) is 3.05. The van der Waals surface area contributed by atoms with E-state index in [1.54, 1.807) is 24.3 Å². The zero-order valence-corrected chi connectivity index (χ0v) is 14.0. The highest BCUT2D eigenvalue weighted by molar-refractivity contribution is 6.30. The fourth-order valence-corrected chi connectivity index (χ4v) is 1.99. The third-order valence-electron chi connectivity index (χ3n) is 3.20. The van der Waals surface area contributed by atoms with Gasteiger partial charge in [0, 0.05) is 5.02 Å². The number of alkyl carbamates (subject to hydrolysis) is 1. The van der Waals surface area contributed by atoms with Gasteiger partial charge in [-0.25, -0.2) is 9.59 Å². The van der Waals surface area contributed by atoms with Crippen LogP contribution in [0, 0.1) is 0 Å². The van der Waals surface area contributed by atoms with Gasteiger partial charge in [0.05, 0.1) is 0 Å². The molecule has 0 saturated heterocycles. The first-order chi connectivity index (χ1) is 11.5. The maximum Gasteiger partial charge on any atom is 0.408 e. The lowest BCUT2D eigenvalue weighted by Crippen LogP contribution is -2.39. The number of benzene rings is 2. The summed E-state index contributed by atoms with van der Waals surface area (Å²) in [6, 6.07) is 15.4. The molecule has 2 rings (SSSR count). The molecule has 0 heterocycles. The molecule has 0 fully saturated rings. The number of amides is 1. The molecule has 1 atom stereocenters. The zero-order chi connectivity index (χ0) is 17.4. The van der Waals surface area contributed by atoms with Gasteiger partial charge in [0.25, 0.3) is 0 Å². The Kier molecular flexibility index (Phi) is 6.63. The van der Waals surface area contributed by atoms with Gasteiger partial charge in [-0.3, -0.25) is 0 Å². The summed E-state index contributed by atoms with van der Waals surface area (Å²) in [7, 11) is 0. The van der Waals surface area contributed by atoms with Gasteiger partial charge < -0.3 is 14.8 Å². The SMILES string of the molecule is C[C@H](NC(=O)OCc1ccccc1)C(=O)OCc1ccc(Cl)cc1. The molecular weight excluding hydrogens is 330 g/mol. The lowest BCUT2D eigenvalue weighted by molar-refractivity contribution is -0.146. The van der Waals surface area contributed by atoms with E-state index in [0.717, 1.165) is 11.1 Å². The number of carbonyl (C=O) groups is 2. The average Bonchev–Trinajstić information content (AvgIpc) is 2.60. The molecule has 0 spiro atoms. The molecule has 6 heteroatoms. The van der Waals surface area contributed by atoms with Crippen LogP contribution in [-0.2, 0) is 27.5 Å². The fraction of sp³-hybridized carbons (Fsp3) is 0.222. The van der Waals surface area contributed by atoms with Crippen LogP contribution in [0.3, 0.4) is 0 Å². The van der Waals surface area contributed by atoms with E-state index in [2.05, 4.69) is 5.32 Å². The number of rotatable bonds is 6. The number of hydrogen-bond acceptors (Lipinski definition) is 4. The number of halogens is 1. The number of hydrogen-bond donors (Lipinski definition) is 1. The van der Waals surface area contributed by atoms with E-state index in [0.29, 0.717) is 5.02 Å². The number of nitrogens with one attached hydrogen (secondary N) is 1. The Morgan fingerprint density at radius 3 is 2.21 bits per heavy atom. The van der Waals surface area contributed by atoms with Crippen molar-refractivity contribution >= 4 is 23.7 Å². The second-order valence-corrected chi connectivity index (χ2v) is 5.60. The van der Waals surface area contributed by atoms with Crippen molar-refractivity contribution in [3.63, 3.8) is 0 Å². The lowest BCUT2D eigenvalue weighted by atomic mass is 10.2. The van der Waals surface area contributed by atoms with E-state index < -0.39 is 18.1 Å². The normalized spacial score (nSPS) is 11.4. The Hall–Kier alpha value is -2.53. The van der Waals surface area contributed by atoms with Crippen LogP contribution in [0.5, 0.6) is 0 Å². The van der Waals surface area contributed by atoms with E-state index in [9.17, 15) is 9.59 Å². The molecule has 0 aliphatic rings. The molecule has 5 nitrogen and oxygen atoms in total. The monoisotopic (exact) mass is 347 g/mol. The molecule has 0 radical (unpaired) electrons. The Bertz CT molecular complexity index is 673. The van der Waals surface area contributed by atoms with Crippen LogP contribution in [0.2, 0.25) is 5.02 Å². The summed E-state index contributed by atoms with van der Waals surface area (Å²) in [4.78, 5) is 23.6. The van der Waals surface area contributed by atoms with Crippen LogP contribution < -0.4 is 5.32 Å². The minimum Gasteiger partial charge on any atom is -0.459 e. The highest BCUT2D eigenvalue weighted by atomic mass is 35.5. The molecule has 2 aromatic carbocycles. The Morgan fingerprint density at radius 2 is 1.54 bits per heavy atom. The molecule has 0 aliphatic carbocycles. The molecule has 24 heavy (non-hydrogen) atoms. The van der Waals surface area contributed by atoms with E-state index in [1.165, 1.54) is 6.92 Å². The van der Waals surface area contributed by atoms with Crippen molar-refractivity contribution in [3.05, 3.63) is 70.7 Å². The molecule has 0 aliphatic heterocycles. The van der Waals surface area contributed by atoms with E-state index >= 15 is 0 Å². The molecule has 0 unspecified atom stereocenters. The largest absolute Gasteiger partial charge is 0.459 e. The number of ether oxygens (including phenoxy) is 2. The van der Waals surface area contributed by atoms with Gasteiger partial charge in [-0.2, -0.15) is 0 Å². The quantitative estimate of drug-likeness (QED) is 0.809. The second-order valence-electron chi connectivity index (χ2n) is 5.16. The van der Waals surface area contributed by atoms with Crippen molar-refractivity contribution in [3.8, 4) is 0 Å². The van der Waals surface area contributed by atoms with Crippen molar-refractivity contribution in [2.24, 2.45) is 0 Å². The first kappa shape index (κ1) is 17.8. The fourth-order valence-electron chi connectivity index (χ4n) is 1.86. The molecule has 1 amide bonds. The van der Waals surface area contributed by atoms with E-state index in [-0.39, 0.29) is 13.2 Å². The smallest absolute Gasteiger partial charge is 0.408 e. The Labute approximate surface area is 145 Å². The Balaban J connectivity index is 1.72. The van der Waals surface area contributed by atoms with Gasteiger partial charge in [-0.15, -0.1) is 0 Å². The predicted molar refractivity (Wildman–Crippen MR) is 90.5 cm³/mol. The molecular formula is C18H18ClNO4. The third-order valence-corrected chi connectivity index (χ3v) is 3.45. The second kappa shape index (κ2) is 8.93. The average molecular weight is 348 g/mol. The van der Waals surface area contributed by atoms with Gasteiger partial charge in [-0.1, -0.05) is 54.1 Å². The summed E-state index contributed by atoms with van der Waals surface area (Å²) in [6.45, 7) is 1.79. The van der Waals surface area contributed by atoms with Gasteiger partial charge in [0.15, 0.2) is 0 Å².